The average molecular weight is 283 g/mol. The number of likely N-dealkylation sites (tertiary alicyclic amines) is 1. The molecule has 0 atom stereocenters. The van der Waals surface area contributed by atoms with Gasteiger partial charge in [0.25, 0.3) is 0 Å². The van der Waals surface area contributed by atoms with E-state index in [1.807, 2.05) is 0 Å². The number of carbonyl (C=O) groups excluding carboxylic acids is 3. The van der Waals surface area contributed by atoms with Gasteiger partial charge in [0.2, 0.25) is 17.7 Å². The van der Waals surface area contributed by atoms with Gasteiger partial charge >= 0.3 is 0 Å². The molecule has 3 amide bonds. The number of carbonyl (C=O) groups is 3. The molecule has 2 rings (SSSR count). The van der Waals surface area contributed by atoms with Crippen molar-refractivity contribution < 1.29 is 19.5 Å². The van der Waals surface area contributed by atoms with Crippen LogP contribution in [0.4, 0.5) is 0 Å². The summed E-state index contributed by atoms with van der Waals surface area (Å²) in [7, 11) is 0. The molecule has 0 aliphatic carbocycles. The minimum atomic E-state index is -0.171. The number of aliphatic hydroxyl groups excluding tert-OH is 1. The Morgan fingerprint density at radius 1 is 1.00 bits per heavy atom. The van der Waals surface area contributed by atoms with E-state index in [1.54, 1.807) is 4.90 Å². The van der Waals surface area contributed by atoms with Gasteiger partial charge < -0.3 is 10.0 Å². The van der Waals surface area contributed by atoms with Crippen LogP contribution in [0.1, 0.15) is 19.3 Å². The molecule has 0 aromatic heterocycles. The van der Waals surface area contributed by atoms with Gasteiger partial charge in [-0.15, -0.1) is 0 Å². The second-order valence-electron chi connectivity index (χ2n) is 5.14. The number of hydrogen-bond donors (Lipinski definition) is 1. The number of amides is 3. The Hall–Kier alpha value is -1.47. The maximum atomic E-state index is 12.0. The van der Waals surface area contributed by atoms with Crippen molar-refractivity contribution >= 4 is 17.7 Å². The van der Waals surface area contributed by atoms with Crippen LogP contribution in [-0.2, 0) is 14.4 Å². The number of hydrogen-bond acceptors (Lipinski definition) is 5. The van der Waals surface area contributed by atoms with Gasteiger partial charge in [-0.3, -0.25) is 24.2 Å². The lowest BCUT2D eigenvalue weighted by molar-refractivity contribution is -0.139. The van der Waals surface area contributed by atoms with Gasteiger partial charge in [0.15, 0.2) is 0 Å². The molecule has 2 fully saturated rings. The monoisotopic (exact) mass is 283 g/mol. The molecule has 0 unspecified atom stereocenters. The highest BCUT2D eigenvalue weighted by Gasteiger charge is 2.29. The lowest BCUT2D eigenvalue weighted by atomic mass is 10.2. The highest BCUT2D eigenvalue weighted by molar-refractivity contribution is 6.02. The molecule has 20 heavy (non-hydrogen) atoms. The van der Waals surface area contributed by atoms with Crippen molar-refractivity contribution in [1.82, 2.24) is 14.7 Å². The predicted octanol–water partition coefficient (Wildman–Crippen LogP) is -1.34. The first-order valence-corrected chi connectivity index (χ1v) is 7.06. The Kier molecular flexibility index (Phi) is 5.08. The molecule has 2 aliphatic rings. The summed E-state index contributed by atoms with van der Waals surface area (Å²) < 4.78 is 0. The second kappa shape index (κ2) is 6.81. The molecule has 2 saturated heterocycles. The van der Waals surface area contributed by atoms with E-state index in [9.17, 15) is 14.4 Å². The Bertz CT molecular complexity index is 375. The van der Waals surface area contributed by atoms with Crippen LogP contribution in [0.5, 0.6) is 0 Å². The molecule has 0 aromatic carbocycles. The van der Waals surface area contributed by atoms with Gasteiger partial charge in [-0.1, -0.05) is 0 Å². The molecule has 0 bridgehead atoms. The van der Waals surface area contributed by atoms with E-state index >= 15 is 0 Å². The lowest BCUT2D eigenvalue weighted by Crippen LogP contribution is -2.49. The molecule has 112 valence electrons. The zero-order chi connectivity index (χ0) is 14.5. The van der Waals surface area contributed by atoms with Gasteiger partial charge in [0, 0.05) is 58.5 Å². The van der Waals surface area contributed by atoms with Crippen molar-refractivity contribution in [2.45, 2.75) is 19.3 Å². The fourth-order valence-corrected chi connectivity index (χ4v) is 2.60. The van der Waals surface area contributed by atoms with Crippen LogP contribution >= 0.6 is 0 Å². The minimum Gasteiger partial charge on any atom is -0.395 e. The SMILES string of the molecule is O=C(CCN1C(=O)CCC1=O)N1CCN(CCO)CC1. The number of aliphatic hydroxyl groups is 1. The molecule has 7 nitrogen and oxygen atoms in total. The summed E-state index contributed by atoms with van der Waals surface area (Å²) in [5, 5.41) is 8.86. The zero-order valence-corrected chi connectivity index (χ0v) is 11.6. The summed E-state index contributed by atoms with van der Waals surface area (Å²) in [5.41, 5.74) is 0. The molecular weight excluding hydrogens is 262 g/mol. The molecular formula is C13H21N3O4. The molecule has 1 N–H and O–H groups in total. The third kappa shape index (κ3) is 3.55. The van der Waals surface area contributed by atoms with E-state index in [0.29, 0.717) is 19.6 Å². The number of imide groups is 1. The molecule has 0 radical (unpaired) electrons. The van der Waals surface area contributed by atoms with Crippen molar-refractivity contribution in [1.29, 1.82) is 0 Å². The van der Waals surface area contributed by atoms with Crippen LogP contribution in [0.2, 0.25) is 0 Å². The maximum Gasteiger partial charge on any atom is 0.229 e. The average Bonchev–Trinajstić information content (AvgIpc) is 2.77. The summed E-state index contributed by atoms with van der Waals surface area (Å²) in [6.07, 6.45) is 0.747. The van der Waals surface area contributed by atoms with Crippen molar-refractivity contribution in [3.63, 3.8) is 0 Å². The molecule has 2 heterocycles. The van der Waals surface area contributed by atoms with Gasteiger partial charge in [-0.25, -0.2) is 0 Å². The number of piperazine rings is 1. The number of nitrogens with zero attached hydrogens (tertiary/aromatic N) is 3. The maximum absolute atomic E-state index is 12.0. The van der Waals surface area contributed by atoms with Gasteiger partial charge in [-0.2, -0.15) is 0 Å². The third-order valence-electron chi connectivity index (χ3n) is 3.85. The smallest absolute Gasteiger partial charge is 0.229 e. The van der Waals surface area contributed by atoms with Crippen LogP contribution in [0.3, 0.4) is 0 Å². The quantitative estimate of drug-likeness (QED) is 0.632. The first-order valence-electron chi connectivity index (χ1n) is 7.06. The Labute approximate surface area is 118 Å². The lowest BCUT2D eigenvalue weighted by Gasteiger charge is -2.34. The fraction of sp³-hybridized carbons (Fsp3) is 0.769. The van der Waals surface area contributed by atoms with Crippen LogP contribution in [0, 0.1) is 0 Å². The Morgan fingerprint density at radius 2 is 1.60 bits per heavy atom. The topological polar surface area (TPSA) is 81.2 Å². The van der Waals surface area contributed by atoms with Crippen LogP contribution in [0.15, 0.2) is 0 Å². The van der Waals surface area contributed by atoms with Crippen LogP contribution in [0.25, 0.3) is 0 Å². The summed E-state index contributed by atoms with van der Waals surface area (Å²) in [4.78, 5) is 40.0. The fourth-order valence-electron chi connectivity index (χ4n) is 2.60. The normalized spacial score (nSPS) is 20.9. The summed E-state index contributed by atoms with van der Waals surface area (Å²) in [6, 6.07) is 0. The van der Waals surface area contributed by atoms with Crippen LogP contribution in [-0.4, -0.2) is 83.4 Å². The molecule has 0 aromatic rings. The van der Waals surface area contributed by atoms with E-state index in [0.717, 1.165) is 13.1 Å². The van der Waals surface area contributed by atoms with Gasteiger partial charge in [-0.05, 0) is 0 Å². The second-order valence-corrected chi connectivity index (χ2v) is 5.14. The molecule has 0 spiro atoms. The summed E-state index contributed by atoms with van der Waals surface area (Å²) >= 11 is 0. The van der Waals surface area contributed by atoms with Crippen molar-refractivity contribution in [3.8, 4) is 0 Å². The van der Waals surface area contributed by atoms with Crippen molar-refractivity contribution in [2.24, 2.45) is 0 Å². The van der Waals surface area contributed by atoms with Gasteiger partial charge in [0.05, 0.1) is 6.61 Å². The predicted molar refractivity (Wildman–Crippen MR) is 70.7 cm³/mol. The van der Waals surface area contributed by atoms with E-state index in [-0.39, 0.29) is 50.1 Å². The number of β-amino-alcohol motifs (C(OH)–C–C–N with tert-alkyl or cyclic N) is 1. The highest BCUT2D eigenvalue weighted by atomic mass is 16.3. The molecule has 2 aliphatic heterocycles. The first kappa shape index (κ1) is 14.9. The number of rotatable bonds is 5. The zero-order valence-electron chi connectivity index (χ0n) is 11.6. The van der Waals surface area contributed by atoms with Crippen molar-refractivity contribution in [2.75, 3.05) is 45.9 Å². The third-order valence-corrected chi connectivity index (χ3v) is 3.85. The standard InChI is InChI=1S/C13H21N3O4/c17-10-9-14-5-7-15(8-6-14)11(18)3-4-16-12(19)1-2-13(16)20/h17H,1-10H2. The van der Waals surface area contributed by atoms with Crippen LogP contribution < -0.4 is 0 Å². The largest absolute Gasteiger partial charge is 0.395 e. The summed E-state index contributed by atoms with van der Waals surface area (Å²) in [5.74, 6) is -0.354. The first-order chi connectivity index (χ1) is 9.61. The Balaban J connectivity index is 1.73. The minimum absolute atomic E-state index is 0.0128. The molecule has 0 saturated carbocycles. The van der Waals surface area contributed by atoms with E-state index in [4.69, 9.17) is 5.11 Å². The molecule has 7 heteroatoms. The van der Waals surface area contributed by atoms with E-state index < -0.39 is 0 Å². The van der Waals surface area contributed by atoms with Crippen molar-refractivity contribution in [3.05, 3.63) is 0 Å². The highest BCUT2D eigenvalue weighted by Crippen LogP contribution is 2.12. The summed E-state index contributed by atoms with van der Waals surface area (Å²) in [6.45, 7) is 3.77. The van der Waals surface area contributed by atoms with E-state index in [2.05, 4.69) is 4.90 Å². The van der Waals surface area contributed by atoms with Gasteiger partial charge in [0.1, 0.15) is 0 Å². The Morgan fingerprint density at radius 3 is 2.15 bits per heavy atom. The van der Waals surface area contributed by atoms with E-state index in [1.165, 1.54) is 4.90 Å².